The summed E-state index contributed by atoms with van der Waals surface area (Å²) in [6.45, 7) is 5.45. The van der Waals surface area contributed by atoms with Crippen molar-refractivity contribution in [2.75, 3.05) is 27.2 Å². The molecular formula is C13H24N4O2. The van der Waals surface area contributed by atoms with Gasteiger partial charge in [0.25, 0.3) is 5.91 Å². The summed E-state index contributed by atoms with van der Waals surface area (Å²) >= 11 is 0. The summed E-state index contributed by atoms with van der Waals surface area (Å²) in [6.07, 6.45) is 2.30. The topological polar surface area (TPSA) is 84.4 Å². The number of hydrogen-bond donors (Lipinski definition) is 2. The maximum Gasteiger partial charge on any atom is 0.273 e. The van der Waals surface area contributed by atoms with Crippen molar-refractivity contribution in [3.05, 3.63) is 17.8 Å². The number of hydrogen-bond acceptors (Lipinski definition) is 5. The Morgan fingerprint density at radius 3 is 2.84 bits per heavy atom. The Morgan fingerprint density at radius 2 is 2.26 bits per heavy atom. The monoisotopic (exact) mass is 268 g/mol. The molecule has 0 spiro atoms. The number of nitrogens with zero attached hydrogens (tertiary/aromatic N) is 2. The summed E-state index contributed by atoms with van der Waals surface area (Å²) in [4.78, 5) is 18.0. The van der Waals surface area contributed by atoms with Gasteiger partial charge < -0.3 is 20.4 Å². The molecule has 1 heterocycles. The lowest BCUT2D eigenvalue weighted by Crippen LogP contribution is -2.31. The molecule has 0 saturated carbocycles. The van der Waals surface area contributed by atoms with Crippen LogP contribution in [0, 0.1) is 5.92 Å². The van der Waals surface area contributed by atoms with Gasteiger partial charge in [0.2, 0.25) is 5.89 Å². The third kappa shape index (κ3) is 4.65. The Kier molecular flexibility index (Phi) is 5.98. The number of nitrogens with two attached hydrogens (primary N) is 1. The van der Waals surface area contributed by atoms with E-state index in [0.717, 1.165) is 13.0 Å². The molecule has 6 heteroatoms. The summed E-state index contributed by atoms with van der Waals surface area (Å²) in [7, 11) is 3.90. The number of carbonyl (C=O) groups excluding carboxylic acids is 1. The van der Waals surface area contributed by atoms with Gasteiger partial charge >= 0.3 is 0 Å². The van der Waals surface area contributed by atoms with E-state index in [9.17, 15) is 4.79 Å². The Morgan fingerprint density at radius 1 is 1.58 bits per heavy atom. The minimum absolute atomic E-state index is 0.229. The largest absolute Gasteiger partial charge is 0.446 e. The zero-order chi connectivity index (χ0) is 14.4. The van der Waals surface area contributed by atoms with Gasteiger partial charge in [-0.15, -0.1) is 0 Å². The molecule has 1 aromatic rings. The second-order valence-electron chi connectivity index (χ2n) is 5.04. The highest BCUT2D eigenvalue weighted by Gasteiger charge is 2.20. The smallest absolute Gasteiger partial charge is 0.273 e. The molecule has 0 aliphatic rings. The van der Waals surface area contributed by atoms with Crippen molar-refractivity contribution in [3.8, 4) is 0 Å². The number of aromatic nitrogens is 1. The van der Waals surface area contributed by atoms with Gasteiger partial charge in [0, 0.05) is 13.1 Å². The number of amides is 1. The van der Waals surface area contributed by atoms with E-state index in [1.165, 1.54) is 6.26 Å². The maximum atomic E-state index is 11.8. The van der Waals surface area contributed by atoms with Crippen molar-refractivity contribution in [3.63, 3.8) is 0 Å². The van der Waals surface area contributed by atoms with Crippen molar-refractivity contribution in [2.45, 2.75) is 26.3 Å². The van der Waals surface area contributed by atoms with Crippen LogP contribution in [0.5, 0.6) is 0 Å². The van der Waals surface area contributed by atoms with Crippen LogP contribution in [0.25, 0.3) is 0 Å². The summed E-state index contributed by atoms with van der Waals surface area (Å²) in [6, 6.07) is -0.270. The summed E-state index contributed by atoms with van der Waals surface area (Å²) in [5.74, 6) is 0.462. The Labute approximate surface area is 114 Å². The average molecular weight is 268 g/mol. The first kappa shape index (κ1) is 15.7. The first-order valence-corrected chi connectivity index (χ1v) is 6.59. The van der Waals surface area contributed by atoms with Crippen molar-refractivity contribution < 1.29 is 9.21 Å². The predicted octanol–water partition coefficient (Wildman–Crippen LogP) is 1.01. The molecule has 0 fully saturated rings. The zero-order valence-corrected chi connectivity index (χ0v) is 12.1. The van der Waals surface area contributed by atoms with Crippen LogP contribution in [0.2, 0.25) is 0 Å². The van der Waals surface area contributed by atoms with E-state index in [1.807, 2.05) is 25.9 Å². The van der Waals surface area contributed by atoms with Crippen LogP contribution in [-0.2, 0) is 0 Å². The lowest BCUT2D eigenvalue weighted by molar-refractivity contribution is 0.0946. The number of carbonyl (C=O) groups is 1. The summed E-state index contributed by atoms with van der Waals surface area (Å²) in [5, 5.41) is 2.78. The average Bonchev–Trinajstić information content (AvgIpc) is 2.85. The molecule has 1 rings (SSSR count). The van der Waals surface area contributed by atoms with Crippen LogP contribution in [0.4, 0.5) is 0 Å². The van der Waals surface area contributed by atoms with Gasteiger partial charge in [-0.2, -0.15) is 0 Å². The van der Waals surface area contributed by atoms with Crippen LogP contribution < -0.4 is 11.1 Å². The Bertz CT molecular complexity index is 403. The summed E-state index contributed by atoms with van der Waals surface area (Å²) < 4.78 is 5.29. The minimum atomic E-state index is -0.270. The van der Waals surface area contributed by atoms with Crippen LogP contribution in [-0.4, -0.2) is 43.0 Å². The molecule has 0 saturated heterocycles. The number of oxazole rings is 1. The van der Waals surface area contributed by atoms with Gasteiger partial charge in [-0.05, 0) is 20.0 Å². The molecule has 0 aromatic carbocycles. The fourth-order valence-electron chi connectivity index (χ4n) is 1.53. The molecule has 3 N–H and O–H groups in total. The molecular weight excluding hydrogens is 244 g/mol. The predicted molar refractivity (Wildman–Crippen MR) is 73.8 cm³/mol. The minimum Gasteiger partial charge on any atom is -0.446 e. The lowest BCUT2D eigenvalue weighted by atomic mass is 10.0. The van der Waals surface area contributed by atoms with Gasteiger partial charge in [-0.25, -0.2) is 4.98 Å². The van der Waals surface area contributed by atoms with Gasteiger partial charge in [-0.3, -0.25) is 4.79 Å². The number of likely N-dealkylation sites (N-methyl/N-ethyl adjacent to an activating group) is 1. The van der Waals surface area contributed by atoms with Crippen molar-refractivity contribution in [2.24, 2.45) is 11.7 Å². The van der Waals surface area contributed by atoms with E-state index in [2.05, 4.69) is 17.2 Å². The molecule has 0 aliphatic carbocycles. The highest BCUT2D eigenvalue weighted by molar-refractivity contribution is 5.91. The van der Waals surface area contributed by atoms with E-state index in [1.54, 1.807) is 0 Å². The highest BCUT2D eigenvalue weighted by atomic mass is 16.3. The third-order valence-electron chi connectivity index (χ3n) is 3.14. The molecule has 19 heavy (non-hydrogen) atoms. The van der Waals surface area contributed by atoms with Gasteiger partial charge in [0.1, 0.15) is 6.26 Å². The van der Waals surface area contributed by atoms with Crippen LogP contribution in [0.1, 0.15) is 42.7 Å². The van der Waals surface area contributed by atoms with E-state index < -0.39 is 0 Å². The van der Waals surface area contributed by atoms with E-state index in [0.29, 0.717) is 12.4 Å². The second-order valence-corrected chi connectivity index (χ2v) is 5.04. The van der Waals surface area contributed by atoms with Crippen LogP contribution in [0.3, 0.4) is 0 Å². The van der Waals surface area contributed by atoms with Gasteiger partial charge in [0.15, 0.2) is 5.69 Å². The summed E-state index contributed by atoms with van der Waals surface area (Å²) in [5.41, 5.74) is 6.29. The highest BCUT2D eigenvalue weighted by Crippen LogP contribution is 2.20. The van der Waals surface area contributed by atoms with E-state index >= 15 is 0 Å². The normalized spacial score (nSPS) is 14.4. The molecule has 0 radical (unpaired) electrons. The zero-order valence-electron chi connectivity index (χ0n) is 12.1. The van der Waals surface area contributed by atoms with Crippen molar-refractivity contribution in [1.29, 1.82) is 0 Å². The quantitative estimate of drug-likeness (QED) is 0.771. The molecule has 0 bridgehead atoms. The molecule has 6 nitrogen and oxygen atoms in total. The standard InChI is InChI=1S/C13H24N4O2/c1-5-9(2)11(14)13-16-10(8-19-13)12(18)15-6-7-17(3)4/h8-9,11H,5-7,14H2,1-4H3,(H,15,18). The van der Waals surface area contributed by atoms with Crippen LogP contribution >= 0.6 is 0 Å². The van der Waals surface area contributed by atoms with Crippen molar-refractivity contribution in [1.82, 2.24) is 15.2 Å². The fourth-order valence-corrected chi connectivity index (χ4v) is 1.53. The molecule has 0 aliphatic heterocycles. The lowest BCUT2D eigenvalue weighted by Gasteiger charge is -2.13. The SMILES string of the molecule is CCC(C)C(N)c1nc(C(=O)NCCN(C)C)co1. The number of nitrogens with one attached hydrogen (secondary N) is 1. The molecule has 2 unspecified atom stereocenters. The molecule has 1 aromatic heterocycles. The van der Waals surface area contributed by atoms with Crippen LogP contribution in [0.15, 0.2) is 10.7 Å². The fraction of sp³-hybridized carbons (Fsp3) is 0.692. The molecule has 108 valence electrons. The number of rotatable bonds is 7. The van der Waals surface area contributed by atoms with Gasteiger partial charge in [0.05, 0.1) is 6.04 Å². The van der Waals surface area contributed by atoms with Crippen molar-refractivity contribution >= 4 is 5.91 Å². The second kappa shape index (κ2) is 7.25. The van der Waals surface area contributed by atoms with Gasteiger partial charge in [-0.1, -0.05) is 20.3 Å². The van der Waals surface area contributed by atoms with E-state index in [-0.39, 0.29) is 23.6 Å². The third-order valence-corrected chi connectivity index (χ3v) is 3.14. The van der Waals surface area contributed by atoms with E-state index in [4.69, 9.17) is 10.2 Å². The maximum absolute atomic E-state index is 11.8. The molecule has 1 amide bonds. The Hall–Kier alpha value is -1.40. The Balaban J connectivity index is 2.56. The first-order valence-electron chi connectivity index (χ1n) is 6.59. The first-order chi connectivity index (χ1) is 8.95. The molecule has 2 atom stereocenters.